The third kappa shape index (κ3) is 6.80. The highest BCUT2D eigenvalue weighted by molar-refractivity contribution is 14.0. The summed E-state index contributed by atoms with van der Waals surface area (Å²) < 4.78 is 38.5. The van der Waals surface area contributed by atoms with Crippen molar-refractivity contribution in [2.75, 3.05) is 46.8 Å². The number of guanidine groups is 1. The van der Waals surface area contributed by atoms with Crippen LogP contribution in [-0.4, -0.2) is 91.6 Å². The largest absolute Gasteiger partial charge is 0.403 e. The SMILES string of the molecule is CC(N1CCN(C(=NCC(=O)N(C)C)NC2CC2)CC1)C(F)(F)F.I. The van der Waals surface area contributed by atoms with Crippen LogP contribution in [0.3, 0.4) is 0 Å². The Hall–Kier alpha value is -0.780. The van der Waals surface area contributed by atoms with E-state index in [-0.39, 0.29) is 36.4 Å². The zero-order valence-corrected chi connectivity index (χ0v) is 17.2. The lowest BCUT2D eigenvalue weighted by molar-refractivity contribution is -0.181. The first-order chi connectivity index (χ1) is 11.2. The Labute approximate surface area is 163 Å². The number of aliphatic imine (C=N–C) groups is 1. The lowest BCUT2D eigenvalue weighted by atomic mass is 10.2. The maximum absolute atomic E-state index is 12.8. The van der Waals surface area contributed by atoms with Crippen LogP contribution in [0.2, 0.25) is 0 Å². The van der Waals surface area contributed by atoms with Crippen molar-refractivity contribution in [3.8, 4) is 0 Å². The molecule has 6 nitrogen and oxygen atoms in total. The Balaban J connectivity index is 0.00000312. The second kappa shape index (κ2) is 9.24. The summed E-state index contributed by atoms with van der Waals surface area (Å²) in [6.07, 6.45) is -2.08. The van der Waals surface area contributed by atoms with E-state index in [0.29, 0.717) is 38.2 Å². The van der Waals surface area contributed by atoms with Gasteiger partial charge in [-0.3, -0.25) is 9.69 Å². The van der Waals surface area contributed by atoms with Crippen molar-refractivity contribution >= 4 is 35.8 Å². The van der Waals surface area contributed by atoms with Gasteiger partial charge >= 0.3 is 6.18 Å². The molecule has 0 spiro atoms. The van der Waals surface area contributed by atoms with E-state index in [1.165, 1.54) is 16.7 Å². The number of alkyl halides is 3. The van der Waals surface area contributed by atoms with Gasteiger partial charge in [0.25, 0.3) is 0 Å². The van der Waals surface area contributed by atoms with Crippen LogP contribution in [0.1, 0.15) is 19.8 Å². The fourth-order valence-electron chi connectivity index (χ4n) is 2.46. The molecule has 1 aliphatic carbocycles. The van der Waals surface area contributed by atoms with Gasteiger partial charge in [0, 0.05) is 46.3 Å². The molecule has 146 valence electrons. The third-order valence-corrected chi connectivity index (χ3v) is 4.41. The summed E-state index contributed by atoms with van der Waals surface area (Å²) >= 11 is 0. The van der Waals surface area contributed by atoms with Gasteiger partial charge in [-0.15, -0.1) is 24.0 Å². The molecule has 25 heavy (non-hydrogen) atoms. The number of carbonyl (C=O) groups excluding carboxylic acids is 1. The van der Waals surface area contributed by atoms with Gasteiger partial charge in [0.05, 0.1) is 0 Å². The molecular formula is C15H27F3IN5O. The molecule has 1 atom stereocenters. The molecule has 1 heterocycles. The van der Waals surface area contributed by atoms with Crippen LogP contribution in [-0.2, 0) is 4.79 Å². The highest BCUT2D eigenvalue weighted by Gasteiger charge is 2.41. The van der Waals surface area contributed by atoms with Crippen LogP contribution >= 0.6 is 24.0 Å². The summed E-state index contributed by atoms with van der Waals surface area (Å²) in [5.41, 5.74) is 0. The monoisotopic (exact) mass is 477 g/mol. The van der Waals surface area contributed by atoms with Crippen LogP contribution < -0.4 is 5.32 Å². The smallest absolute Gasteiger partial charge is 0.353 e. The van der Waals surface area contributed by atoms with Crippen LogP contribution in [0.25, 0.3) is 0 Å². The van der Waals surface area contributed by atoms with E-state index in [1.54, 1.807) is 14.1 Å². The van der Waals surface area contributed by atoms with Crippen molar-refractivity contribution < 1.29 is 18.0 Å². The number of halogens is 4. The maximum Gasteiger partial charge on any atom is 0.403 e. The molecule has 1 N–H and O–H groups in total. The molecule has 0 radical (unpaired) electrons. The predicted octanol–water partition coefficient (Wildman–Crippen LogP) is 1.37. The van der Waals surface area contributed by atoms with E-state index >= 15 is 0 Å². The molecular weight excluding hydrogens is 450 g/mol. The number of rotatable bonds is 4. The molecule has 1 saturated carbocycles. The Morgan fingerprint density at radius 3 is 2.24 bits per heavy atom. The summed E-state index contributed by atoms with van der Waals surface area (Å²) in [5, 5.41) is 3.29. The van der Waals surface area contributed by atoms with Crippen molar-refractivity contribution in [1.82, 2.24) is 20.0 Å². The number of amides is 1. The summed E-state index contributed by atoms with van der Waals surface area (Å²) in [5.74, 6) is 0.529. The Bertz CT molecular complexity index is 474. The van der Waals surface area contributed by atoms with Crippen LogP contribution in [0, 0.1) is 0 Å². The number of likely N-dealkylation sites (N-methyl/N-ethyl adjacent to an activating group) is 1. The fraction of sp³-hybridized carbons (Fsp3) is 0.867. The minimum Gasteiger partial charge on any atom is -0.353 e. The molecule has 2 rings (SSSR count). The van der Waals surface area contributed by atoms with E-state index < -0.39 is 12.2 Å². The summed E-state index contributed by atoms with van der Waals surface area (Å²) in [6.45, 7) is 2.83. The first-order valence-corrected chi connectivity index (χ1v) is 8.25. The number of nitrogens with zero attached hydrogens (tertiary/aromatic N) is 4. The molecule has 0 aromatic heterocycles. The zero-order chi connectivity index (χ0) is 17.9. The first-order valence-electron chi connectivity index (χ1n) is 8.25. The van der Waals surface area contributed by atoms with E-state index in [0.717, 1.165) is 12.8 Å². The van der Waals surface area contributed by atoms with Gasteiger partial charge in [-0.25, -0.2) is 4.99 Å². The van der Waals surface area contributed by atoms with Gasteiger partial charge in [-0.2, -0.15) is 13.2 Å². The van der Waals surface area contributed by atoms with Gasteiger partial charge in [-0.05, 0) is 19.8 Å². The normalized spacial score (nSPS) is 20.7. The van der Waals surface area contributed by atoms with Gasteiger partial charge < -0.3 is 15.1 Å². The molecule has 1 amide bonds. The van der Waals surface area contributed by atoms with Crippen LogP contribution in [0.4, 0.5) is 13.2 Å². The second-order valence-electron chi connectivity index (χ2n) is 6.59. The highest BCUT2D eigenvalue weighted by Crippen LogP contribution is 2.25. The molecule has 10 heteroatoms. The van der Waals surface area contributed by atoms with Gasteiger partial charge in [0.1, 0.15) is 12.6 Å². The molecule has 0 aromatic rings. The second-order valence-corrected chi connectivity index (χ2v) is 6.59. The van der Waals surface area contributed by atoms with Gasteiger partial charge in [0.2, 0.25) is 5.91 Å². The Morgan fingerprint density at radius 2 is 1.80 bits per heavy atom. The van der Waals surface area contributed by atoms with E-state index in [1.807, 2.05) is 4.90 Å². The van der Waals surface area contributed by atoms with Crippen LogP contribution in [0.15, 0.2) is 4.99 Å². The quantitative estimate of drug-likeness (QED) is 0.378. The van der Waals surface area contributed by atoms with E-state index in [2.05, 4.69) is 10.3 Å². The van der Waals surface area contributed by atoms with Crippen molar-refractivity contribution in [3.05, 3.63) is 0 Å². The molecule has 2 fully saturated rings. The Kier molecular flexibility index (Phi) is 8.23. The average Bonchev–Trinajstić information content (AvgIpc) is 3.33. The molecule has 1 saturated heterocycles. The minimum absolute atomic E-state index is 0. The predicted molar refractivity (Wildman–Crippen MR) is 101 cm³/mol. The fourth-order valence-corrected chi connectivity index (χ4v) is 2.46. The average molecular weight is 477 g/mol. The van der Waals surface area contributed by atoms with Crippen molar-refractivity contribution in [2.24, 2.45) is 4.99 Å². The Morgan fingerprint density at radius 1 is 1.24 bits per heavy atom. The molecule has 0 bridgehead atoms. The first kappa shape index (κ1) is 22.3. The standard InChI is InChI=1S/C15H26F3N5O.HI/c1-11(15(16,17)18)22-6-8-23(9-7-22)14(20-12-4-5-12)19-10-13(24)21(2)3;/h11-12H,4-10H2,1-3H3,(H,19,20);1H. The number of nitrogens with one attached hydrogen (secondary N) is 1. The molecule has 0 aromatic carbocycles. The lowest BCUT2D eigenvalue weighted by Gasteiger charge is -2.39. The summed E-state index contributed by atoms with van der Waals surface area (Å²) in [6, 6.07) is -1.07. The van der Waals surface area contributed by atoms with Crippen molar-refractivity contribution in [3.63, 3.8) is 0 Å². The molecule has 2 aliphatic rings. The van der Waals surface area contributed by atoms with Gasteiger partial charge in [0.15, 0.2) is 5.96 Å². The maximum atomic E-state index is 12.8. The van der Waals surface area contributed by atoms with Crippen molar-refractivity contribution in [1.29, 1.82) is 0 Å². The molecule has 1 aliphatic heterocycles. The van der Waals surface area contributed by atoms with E-state index in [4.69, 9.17) is 0 Å². The summed E-state index contributed by atoms with van der Waals surface area (Å²) in [7, 11) is 3.34. The highest BCUT2D eigenvalue weighted by atomic mass is 127. The topological polar surface area (TPSA) is 51.2 Å². The van der Waals surface area contributed by atoms with Crippen molar-refractivity contribution in [2.45, 2.75) is 38.0 Å². The minimum atomic E-state index is -4.20. The van der Waals surface area contributed by atoms with Gasteiger partial charge in [-0.1, -0.05) is 0 Å². The van der Waals surface area contributed by atoms with E-state index in [9.17, 15) is 18.0 Å². The van der Waals surface area contributed by atoms with Crippen LogP contribution in [0.5, 0.6) is 0 Å². The number of piperazine rings is 1. The number of hydrogen-bond acceptors (Lipinski definition) is 3. The molecule has 1 unspecified atom stereocenters. The summed E-state index contributed by atoms with van der Waals surface area (Å²) in [4.78, 5) is 20.9. The third-order valence-electron chi connectivity index (χ3n) is 4.41. The number of hydrogen-bond donors (Lipinski definition) is 1. The lowest BCUT2D eigenvalue weighted by Crippen LogP contribution is -2.57. The number of carbonyl (C=O) groups is 1. The zero-order valence-electron chi connectivity index (χ0n) is 14.8.